The van der Waals surface area contributed by atoms with E-state index in [1.54, 1.807) is 0 Å². The first kappa shape index (κ1) is 19.4. The molecule has 126 valence electrons. The Morgan fingerprint density at radius 1 is 1.23 bits per heavy atom. The molecule has 0 aromatic rings. The molecule has 0 spiro atoms. The Bertz CT molecular complexity index is 425. The maximum Gasteiger partial charge on any atom is 0.200 e. The monoisotopic (exact) mass is 322 g/mol. The maximum atomic E-state index is 11.9. The average Bonchev–Trinajstić information content (AvgIpc) is 2.41. The summed E-state index contributed by atoms with van der Waals surface area (Å²) in [4.78, 5) is 11.9. The van der Waals surface area contributed by atoms with Crippen molar-refractivity contribution >= 4 is 14.1 Å². The number of Topliss-reactive ketones (excluding diaryl/α,β-unsaturated/α-hetero) is 1. The number of carbonyl (C=O) groups is 1. The molecule has 1 aliphatic rings. The summed E-state index contributed by atoms with van der Waals surface area (Å²) < 4.78 is 6.60. The van der Waals surface area contributed by atoms with Crippen LogP contribution in [-0.4, -0.2) is 20.7 Å². The second kappa shape index (κ2) is 7.74. The van der Waals surface area contributed by atoms with E-state index in [1.807, 2.05) is 6.92 Å². The van der Waals surface area contributed by atoms with E-state index in [9.17, 15) is 4.79 Å². The van der Waals surface area contributed by atoms with Crippen LogP contribution in [0.5, 0.6) is 0 Å². The van der Waals surface area contributed by atoms with Gasteiger partial charge >= 0.3 is 0 Å². The van der Waals surface area contributed by atoms with Gasteiger partial charge in [-0.15, -0.1) is 0 Å². The Morgan fingerprint density at radius 3 is 2.14 bits per heavy atom. The van der Waals surface area contributed by atoms with Crippen molar-refractivity contribution in [3.05, 3.63) is 23.8 Å². The van der Waals surface area contributed by atoms with Gasteiger partial charge in [0.15, 0.2) is 5.78 Å². The van der Waals surface area contributed by atoms with Crippen LogP contribution in [0.3, 0.4) is 0 Å². The van der Waals surface area contributed by atoms with E-state index >= 15 is 0 Å². The number of allylic oxidation sites excluding steroid dienone is 2. The molecule has 0 aromatic heterocycles. The Labute approximate surface area is 138 Å². The summed E-state index contributed by atoms with van der Waals surface area (Å²) in [5.41, 5.74) is 3.73. The van der Waals surface area contributed by atoms with Crippen LogP contribution in [0.15, 0.2) is 23.8 Å². The summed E-state index contributed by atoms with van der Waals surface area (Å²) in [6.45, 7) is 20.5. The predicted octanol–water partition coefficient (Wildman–Crippen LogP) is 5.66. The van der Waals surface area contributed by atoms with Crippen molar-refractivity contribution in [2.24, 2.45) is 5.92 Å². The summed E-state index contributed by atoms with van der Waals surface area (Å²) in [7, 11) is -1.85. The van der Waals surface area contributed by atoms with E-state index in [4.69, 9.17) is 4.43 Å². The second-order valence-corrected chi connectivity index (χ2v) is 13.2. The minimum atomic E-state index is -1.85. The molecular formula is C19H34O2Si. The number of hydrogen-bond acceptors (Lipinski definition) is 2. The third-order valence-electron chi connectivity index (χ3n) is 5.37. The summed E-state index contributed by atoms with van der Waals surface area (Å²) in [5, 5.41) is 0. The van der Waals surface area contributed by atoms with E-state index < -0.39 is 8.32 Å². The summed E-state index contributed by atoms with van der Waals surface area (Å²) in [6.07, 6.45) is 3.59. The van der Waals surface area contributed by atoms with Gasteiger partial charge in [-0.05, 0) is 47.0 Å². The van der Waals surface area contributed by atoms with Crippen molar-refractivity contribution in [3.63, 3.8) is 0 Å². The van der Waals surface area contributed by atoms with Gasteiger partial charge in [0.2, 0.25) is 8.32 Å². The predicted molar refractivity (Wildman–Crippen MR) is 97.6 cm³/mol. The van der Waals surface area contributed by atoms with Gasteiger partial charge in [0, 0.05) is 6.42 Å². The van der Waals surface area contributed by atoms with E-state index in [0.29, 0.717) is 29.7 Å². The Morgan fingerprint density at radius 2 is 1.73 bits per heavy atom. The van der Waals surface area contributed by atoms with Crippen LogP contribution in [0.4, 0.5) is 0 Å². The van der Waals surface area contributed by atoms with E-state index in [2.05, 4.69) is 54.2 Å². The van der Waals surface area contributed by atoms with E-state index in [-0.39, 0.29) is 11.7 Å². The fraction of sp³-hybridized carbons (Fsp3) is 0.737. The standard InChI is InChI=1S/C19H34O2Si/c1-13(2)22(14(3)4,15(5)6)21-12-17(8)18-10-9-16(7)19(20)11-18/h9,13-15,18H,8,10-12H2,1-7H3. The van der Waals surface area contributed by atoms with Crippen molar-refractivity contribution < 1.29 is 9.22 Å². The van der Waals surface area contributed by atoms with Crippen LogP contribution in [0.2, 0.25) is 16.6 Å². The van der Waals surface area contributed by atoms with Crippen LogP contribution in [0, 0.1) is 5.92 Å². The molecule has 0 bridgehead atoms. The third kappa shape index (κ3) is 3.99. The van der Waals surface area contributed by atoms with Gasteiger partial charge in [-0.3, -0.25) is 4.79 Å². The lowest BCUT2D eigenvalue weighted by atomic mass is 9.85. The lowest BCUT2D eigenvalue weighted by Crippen LogP contribution is -2.48. The van der Waals surface area contributed by atoms with Gasteiger partial charge in [0.1, 0.15) is 0 Å². The van der Waals surface area contributed by atoms with Gasteiger partial charge in [-0.2, -0.15) is 0 Å². The number of hydrogen-bond donors (Lipinski definition) is 0. The molecule has 1 atom stereocenters. The van der Waals surface area contributed by atoms with Crippen LogP contribution >= 0.6 is 0 Å². The zero-order chi connectivity index (χ0) is 17.1. The molecule has 0 radical (unpaired) electrons. The Hall–Kier alpha value is -0.673. The molecule has 22 heavy (non-hydrogen) atoms. The highest BCUT2D eigenvalue weighted by Crippen LogP contribution is 2.42. The first-order chi connectivity index (χ1) is 10.1. The average molecular weight is 323 g/mol. The number of carbonyl (C=O) groups excluding carboxylic acids is 1. The maximum absolute atomic E-state index is 11.9. The molecule has 1 unspecified atom stereocenters. The second-order valence-electron chi connectivity index (χ2n) is 7.71. The zero-order valence-corrected chi connectivity index (χ0v) is 16.5. The largest absolute Gasteiger partial charge is 0.412 e. The fourth-order valence-corrected chi connectivity index (χ4v) is 9.48. The van der Waals surface area contributed by atoms with Crippen molar-refractivity contribution in [2.75, 3.05) is 6.61 Å². The molecule has 0 saturated carbocycles. The van der Waals surface area contributed by atoms with Crippen LogP contribution in [0.1, 0.15) is 61.3 Å². The fourth-order valence-electron chi connectivity index (χ4n) is 4.05. The summed E-state index contributed by atoms with van der Waals surface area (Å²) in [6, 6.07) is 0. The normalized spacial score (nSPS) is 20.0. The first-order valence-electron chi connectivity index (χ1n) is 8.64. The van der Waals surface area contributed by atoms with Gasteiger partial charge in [0.25, 0.3) is 0 Å². The molecule has 0 N–H and O–H groups in total. The molecule has 1 aliphatic carbocycles. The molecule has 0 amide bonds. The van der Waals surface area contributed by atoms with Crippen molar-refractivity contribution in [2.45, 2.75) is 77.9 Å². The minimum absolute atomic E-state index is 0.259. The highest BCUT2D eigenvalue weighted by atomic mass is 28.4. The molecule has 0 heterocycles. The van der Waals surface area contributed by atoms with E-state index in [0.717, 1.165) is 17.6 Å². The van der Waals surface area contributed by atoms with Crippen molar-refractivity contribution in [3.8, 4) is 0 Å². The molecule has 1 rings (SSSR count). The smallest absolute Gasteiger partial charge is 0.200 e. The Balaban J connectivity index is 2.78. The molecule has 0 fully saturated rings. The molecule has 2 nitrogen and oxygen atoms in total. The van der Waals surface area contributed by atoms with E-state index in [1.165, 1.54) is 0 Å². The Kier molecular flexibility index (Phi) is 6.81. The molecular weight excluding hydrogens is 288 g/mol. The topological polar surface area (TPSA) is 26.3 Å². The molecule has 0 saturated heterocycles. The first-order valence-corrected chi connectivity index (χ1v) is 10.8. The highest BCUT2D eigenvalue weighted by Gasteiger charge is 2.45. The minimum Gasteiger partial charge on any atom is -0.412 e. The van der Waals surface area contributed by atoms with Gasteiger partial charge < -0.3 is 4.43 Å². The van der Waals surface area contributed by atoms with Crippen LogP contribution in [-0.2, 0) is 9.22 Å². The lowest BCUT2D eigenvalue weighted by molar-refractivity contribution is -0.116. The van der Waals surface area contributed by atoms with Gasteiger partial charge in [0.05, 0.1) is 6.61 Å². The van der Waals surface area contributed by atoms with Gasteiger partial charge in [-0.1, -0.05) is 54.2 Å². The molecule has 3 heteroatoms. The van der Waals surface area contributed by atoms with Gasteiger partial charge in [-0.25, -0.2) is 0 Å². The van der Waals surface area contributed by atoms with Crippen LogP contribution < -0.4 is 0 Å². The number of rotatable bonds is 7. The van der Waals surface area contributed by atoms with Crippen molar-refractivity contribution in [1.29, 1.82) is 0 Å². The summed E-state index contributed by atoms with van der Waals surface area (Å²) in [5.74, 6) is 0.520. The highest BCUT2D eigenvalue weighted by molar-refractivity contribution is 6.77. The number of ketones is 1. The van der Waals surface area contributed by atoms with Crippen molar-refractivity contribution in [1.82, 2.24) is 0 Å². The van der Waals surface area contributed by atoms with Crippen LogP contribution in [0.25, 0.3) is 0 Å². The zero-order valence-electron chi connectivity index (χ0n) is 15.5. The third-order valence-corrected chi connectivity index (χ3v) is 11.4. The summed E-state index contributed by atoms with van der Waals surface area (Å²) >= 11 is 0. The lowest BCUT2D eigenvalue weighted by Gasteiger charge is -2.42. The SMILES string of the molecule is C=C(CO[Si](C(C)C)(C(C)C)C(C)C)C1CC=C(C)C(=O)C1. The molecule has 0 aromatic carbocycles. The molecule has 0 aliphatic heterocycles. The quantitative estimate of drug-likeness (QED) is 0.446.